The van der Waals surface area contributed by atoms with Crippen LogP contribution in [0.2, 0.25) is 5.02 Å². The third-order valence-corrected chi connectivity index (χ3v) is 3.50. The zero-order chi connectivity index (χ0) is 15.4. The van der Waals surface area contributed by atoms with E-state index in [0.717, 1.165) is 11.1 Å². The van der Waals surface area contributed by atoms with E-state index in [9.17, 15) is 5.11 Å². The zero-order valence-electron chi connectivity index (χ0n) is 11.7. The monoisotopic (exact) mass is 311 g/mol. The van der Waals surface area contributed by atoms with E-state index in [1.165, 1.54) is 0 Å². The lowest BCUT2D eigenvalue weighted by molar-refractivity contribution is 0.220. The molecule has 0 saturated heterocycles. The van der Waals surface area contributed by atoms with Gasteiger partial charge in [0.2, 0.25) is 0 Å². The van der Waals surface area contributed by atoms with E-state index in [4.69, 9.17) is 16.3 Å². The fourth-order valence-electron chi connectivity index (χ4n) is 2.09. The third kappa shape index (κ3) is 3.45. The molecule has 22 heavy (non-hydrogen) atoms. The lowest BCUT2D eigenvalue weighted by atomic mass is 10.0. The quantitative estimate of drug-likeness (QED) is 0.765. The van der Waals surface area contributed by atoms with E-state index in [1.807, 2.05) is 30.3 Å². The smallest absolute Gasteiger partial charge is 0.127 e. The number of rotatable bonds is 4. The van der Waals surface area contributed by atoms with Crippen LogP contribution in [0.1, 0.15) is 17.2 Å². The molecule has 0 amide bonds. The van der Waals surface area contributed by atoms with E-state index in [0.29, 0.717) is 16.5 Å². The second kappa shape index (κ2) is 6.60. The Labute approximate surface area is 133 Å². The summed E-state index contributed by atoms with van der Waals surface area (Å²) in [5, 5.41) is 11.0. The van der Waals surface area contributed by atoms with Gasteiger partial charge in [-0.2, -0.15) is 0 Å². The standard InChI is InChI=1S/C18H14ClNO2/c19-15-5-9-17(10-6-15)22-16-7-3-13(4-8-16)18(21)14-2-1-11-20-12-14/h1-12,18,21H. The fourth-order valence-corrected chi connectivity index (χ4v) is 2.21. The molecule has 110 valence electrons. The van der Waals surface area contributed by atoms with Crippen molar-refractivity contribution in [2.75, 3.05) is 0 Å². The second-order valence-corrected chi connectivity index (χ2v) is 5.25. The largest absolute Gasteiger partial charge is 0.457 e. The average Bonchev–Trinajstić information content (AvgIpc) is 2.58. The minimum Gasteiger partial charge on any atom is -0.457 e. The number of halogens is 1. The number of pyridine rings is 1. The van der Waals surface area contributed by atoms with E-state index < -0.39 is 6.10 Å². The Bertz CT molecular complexity index is 727. The van der Waals surface area contributed by atoms with Crippen molar-refractivity contribution in [3.8, 4) is 11.5 Å². The highest BCUT2D eigenvalue weighted by Crippen LogP contribution is 2.26. The SMILES string of the molecule is OC(c1ccc(Oc2ccc(Cl)cc2)cc1)c1cccnc1. The van der Waals surface area contributed by atoms with Gasteiger partial charge in [-0.3, -0.25) is 4.98 Å². The molecule has 1 N–H and O–H groups in total. The first kappa shape index (κ1) is 14.6. The summed E-state index contributed by atoms with van der Waals surface area (Å²) in [5.74, 6) is 1.41. The summed E-state index contributed by atoms with van der Waals surface area (Å²) in [6.45, 7) is 0. The lowest BCUT2D eigenvalue weighted by Gasteiger charge is -2.12. The van der Waals surface area contributed by atoms with Crippen LogP contribution < -0.4 is 4.74 Å². The highest BCUT2D eigenvalue weighted by molar-refractivity contribution is 6.30. The Morgan fingerprint density at radius 1 is 0.864 bits per heavy atom. The molecule has 0 bridgehead atoms. The van der Waals surface area contributed by atoms with Crippen molar-refractivity contribution >= 4 is 11.6 Å². The van der Waals surface area contributed by atoms with Crippen molar-refractivity contribution in [1.29, 1.82) is 0 Å². The van der Waals surface area contributed by atoms with Crippen molar-refractivity contribution in [3.63, 3.8) is 0 Å². The molecule has 0 aliphatic heterocycles. The summed E-state index contributed by atoms with van der Waals surface area (Å²) >= 11 is 5.84. The van der Waals surface area contributed by atoms with Crippen LogP contribution in [0.5, 0.6) is 11.5 Å². The van der Waals surface area contributed by atoms with E-state index in [1.54, 1.807) is 42.7 Å². The molecule has 0 spiro atoms. The van der Waals surface area contributed by atoms with Crippen LogP contribution in [0, 0.1) is 0 Å². The summed E-state index contributed by atoms with van der Waals surface area (Å²) in [6, 6.07) is 18.1. The lowest BCUT2D eigenvalue weighted by Crippen LogP contribution is -1.99. The average molecular weight is 312 g/mol. The van der Waals surface area contributed by atoms with Gasteiger partial charge < -0.3 is 9.84 Å². The molecule has 1 atom stereocenters. The van der Waals surface area contributed by atoms with Crippen LogP contribution in [-0.2, 0) is 0 Å². The molecule has 3 aromatic rings. The minimum absolute atomic E-state index is 0.669. The van der Waals surface area contributed by atoms with Crippen LogP contribution in [0.3, 0.4) is 0 Å². The topological polar surface area (TPSA) is 42.4 Å². The van der Waals surface area contributed by atoms with Crippen molar-refractivity contribution in [2.45, 2.75) is 6.10 Å². The van der Waals surface area contributed by atoms with Crippen LogP contribution in [0.25, 0.3) is 0 Å². The van der Waals surface area contributed by atoms with Gasteiger partial charge in [-0.1, -0.05) is 29.8 Å². The van der Waals surface area contributed by atoms with Gasteiger partial charge in [0, 0.05) is 23.0 Å². The van der Waals surface area contributed by atoms with Crippen molar-refractivity contribution in [2.24, 2.45) is 0 Å². The first-order chi connectivity index (χ1) is 10.7. The first-order valence-electron chi connectivity index (χ1n) is 6.84. The molecular formula is C18H14ClNO2. The van der Waals surface area contributed by atoms with Crippen molar-refractivity contribution < 1.29 is 9.84 Å². The summed E-state index contributed by atoms with van der Waals surface area (Å²) in [7, 11) is 0. The van der Waals surface area contributed by atoms with Gasteiger partial charge in [0.05, 0.1) is 0 Å². The van der Waals surface area contributed by atoms with Gasteiger partial charge in [0.15, 0.2) is 0 Å². The number of aromatic nitrogens is 1. The van der Waals surface area contributed by atoms with Crippen LogP contribution in [-0.4, -0.2) is 10.1 Å². The Hall–Kier alpha value is -2.36. The molecule has 1 heterocycles. The maximum atomic E-state index is 10.3. The third-order valence-electron chi connectivity index (χ3n) is 3.25. The van der Waals surface area contributed by atoms with E-state index >= 15 is 0 Å². The number of hydrogen-bond acceptors (Lipinski definition) is 3. The van der Waals surface area contributed by atoms with Crippen molar-refractivity contribution in [3.05, 3.63) is 89.2 Å². The Morgan fingerprint density at radius 3 is 2.09 bits per heavy atom. The molecule has 0 fully saturated rings. The highest BCUT2D eigenvalue weighted by Gasteiger charge is 2.10. The van der Waals surface area contributed by atoms with E-state index in [-0.39, 0.29) is 0 Å². The number of benzene rings is 2. The molecule has 4 heteroatoms. The summed E-state index contributed by atoms with van der Waals surface area (Å²) in [6.07, 6.45) is 2.64. The predicted molar refractivity (Wildman–Crippen MR) is 86.3 cm³/mol. The van der Waals surface area contributed by atoms with Gasteiger partial charge in [-0.25, -0.2) is 0 Å². The molecule has 1 aromatic heterocycles. The van der Waals surface area contributed by atoms with Gasteiger partial charge in [-0.15, -0.1) is 0 Å². The number of ether oxygens (including phenoxy) is 1. The molecular weight excluding hydrogens is 298 g/mol. The molecule has 0 saturated carbocycles. The molecule has 3 nitrogen and oxygen atoms in total. The molecule has 3 rings (SSSR count). The van der Waals surface area contributed by atoms with Crippen LogP contribution in [0.4, 0.5) is 0 Å². The van der Waals surface area contributed by atoms with Gasteiger partial charge in [0.1, 0.15) is 17.6 Å². The first-order valence-corrected chi connectivity index (χ1v) is 7.21. The maximum Gasteiger partial charge on any atom is 0.127 e. The van der Waals surface area contributed by atoms with Crippen LogP contribution in [0.15, 0.2) is 73.1 Å². The van der Waals surface area contributed by atoms with Gasteiger partial charge >= 0.3 is 0 Å². The number of aliphatic hydroxyl groups is 1. The zero-order valence-corrected chi connectivity index (χ0v) is 12.4. The second-order valence-electron chi connectivity index (χ2n) is 4.81. The maximum absolute atomic E-state index is 10.3. The Morgan fingerprint density at radius 2 is 1.50 bits per heavy atom. The van der Waals surface area contributed by atoms with Crippen LogP contribution >= 0.6 is 11.6 Å². The van der Waals surface area contributed by atoms with Gasteiger partial charge in [0.25, 0.3) is 0 Å². The van der Waals surface area contributed by atoms with Crippen molar-refractivity contribution in [1.82, 2.24) is 4.98 Å². The molecule has 0 radical (unpaired) electrons. The number of aliphatic hydroxyl groups excluding tert-OH is 1. The van der Waals surface area contributed by atoms with E-state index in [2.05, 4.69) is 4.98 Å². The highest BCUT2D eigenvalue weighted by atomic mass is 35.5. The fraction of sp³-hybridized carbons (Fsp3) is 0.0556. The normalized spacial score (nSPS) is 11.9. The molecule has 0 aliphatic carbocycles. The summed E-state index contributed by atoms with van der Waals surface area (Å²) < 4.78 is 5.72. The number of hydrogen-bond donors (Lipinski definition) is 1. The molecule has 0 aliphatic rings. The predicted octanol–water partition coefficient (Wildman–Crippen LogP) is 4.61. The summed E-state index contributed by atoms with van der Waals surface area (Å²) in [5.41, 5.74) is 1.55. The molecule has 2 aromatic carbocycles. The molecule has 1 unspecified atom stereocenters. The summed E-state index contributed by atoms with van der Waals surface area (Å²) in [4.78, 5) is 4.02. The number of nitrogens with zero attached hydrogens (tertiary/aromatic N) is 1. The van der Waals surface area contributed by atoms with Gasteiger partial charge in [-0.05, 0) is 48.0 Å². The minimum atomic E-state index is -0.696. The Kier molecular flexibility index (Phi) is 4.37. The Balaban J connectivity index is 1.74.